The van der Waals surface area contributed by atoms with Crippen LogP contribution >= 0.6 is 0 Å². The maximum absolute atomic E-state index is 12.2. The van der Waals surface area contributed by atoms with Gasteiger partial charge in [0.15, 0.2) is 9.84 Å². The lowest BCUT2D eigenvalue weighted by Gasteiger charge is -2.11. The van der Waals surface area contributed by atoms with Crippen LogP contribution in [0.3, 0.4) is 0 Å². The maximum Gasteiger partial charge on any atom is 0.157 e. The molecule has 1 aromatic carbocycles. The molecule has 2 unspecified atom stereocenters. The molecule has 0 saturated heterocycles. The third-order valence-corrected chi connectivity index (χ3v) is 5.56. The Morgan fingerprint density at radius 3 is 2.71 bits per heavy atom. The molecule has 1 aromatic rings. The lowest BCUT2D eigenvalue weighted by Crippen LogP contribution is -2.23. The molecule has 1 aliphatic carbocycles. The molecule has 2 N–H and O–H groups in total. The molecule has 1 saturated carbocycles. The number of nitrogens with two attached hydrogens (primary N) is 1. The fourth-order valence-electron chi connectivity index (χ4n) is 2.45. The van der Waals surface area contributed by atoms with Gasteiger partial charge >= 0.3 is 0 Å². The first-order valence-corrected chi connectivity index (χ1v) is 7.71. The van der Waals surface area contributed by atoms with Crippen LogP contribution in [0.1, 0.15) is 30.4 Å². The Morgan fingerprint density at radius 2 is 2.12 bits per heavy atom. The van der Waals surface area contributed by atoms with Gasteiger partial charge in [0, 0.05) is 6.04 Å². The first kappa shape index (κ1) is 12.6. The lowest BCUT2D eigenvalue weighted by atomic mass is 10.2. The van der Waals surface area contributed by atoms with Crippen molar-refractivity contribution in [3.63, 3.8) is 0 Å². The van der Waals surface area contributed by atoms with Gasteiger partial charge in [0.25, 0.3) is 0 Å². The molecule has 3 nitrogen and oxygen atoms in total. The second-order valence-corrected chi connectivity index (χ2v) is 7.27. The van der Waals surface area contributed by atoms with Crippen molar-refractivity contribution < 1.29 is 8.42 Å². The van der Waals surface area contributed by atoms with Crippen LogP contribution in [0.25, 0.3) is 0 Å². The average molecular weight is 253 g/mol. The van der Waals surface area contributed by atoms with Gasteiger partial charge in [0.1, 0.15) is 0 Å². The van der Waals surface area contributed by atoms with Crippen molar-refractivity contribution in [1.29, 1.82) is 0 Å². The second kappa shape index (κ2) is 4.78. The van der Waals surface area contributed by atoms with Gasteiger partial charge in [-0.1, -0.05) is 29.8 Å². The maximum atomic E-state index is 12.2. The van der Waals surface area contributed by atoms with E-state index in [1.807, 2.05) is 31.2 Å². The fraction of sp³-hybridized carbons (Fsp3) is 0.538. The van der Waals surface area contributed by atoms with Crippen LogP contribution < -0.4 is 5.73 Å². The first-order valence-electron chi connectivity index (χ1n) is 6.00. The fourth-order valence-corrected chi connectivity index (χ4v) is 4.37. The summed E-state index contributed by atoms with van der Waals surface area (Å²) in [6.07, 6.45) is 2.17. The highest BCUT2D eigenvalue weighted by atomic mass is 32.2. The van der Waals surface area contributed by atoms with E-state index in [1.165, 1.54) is 0 Å². The van der Waals surface area contributed by atoms with Gasteiger partial charge in [0.2, 0.25) is 0 Å². The summed E-state index contributed by atoms with van der Waals surface area (Å²) in [5, 5.41) is -0.238. The van der Waals surface area contributed by atoms with E-state index in [-0.39, 0.29) is 17.0 Å². The zero-order valence-electron chi connectivity index (χ0n) is 10.1. The number of sulfone groups is 1. The molecule has 0 spiro atoms. The van der Waals surface area contributed by atoms with E-state index in [2.05, 4.69) is 0 Å². The van der Waals surface area contributed by atoms with E-state index in [0.717, 1.165) is 24.0 Å². The molecule has 2 rings (SSSR count). The third-order valence-electron chi connectivity index (χ3n) is 3.38. The summed E-state index contributed by atoms with van der Waals surface area (Å²) in [5.74, 6) is 0.145. The van der Waals surface area contributed by atoms with Crippen molar-refractivity contribution in [3.05, 3.63) is 35.4 Å². The van der Waals surface area contributed by atoms with Gasteiger partial charge in [-0.2, -0.15) is 0 Å². The van der Waals surface area contributed by atoms with Crippen LogP contribution in [-0.4, -0.2) is 19.7 Å². The van der Waals surface area contributed by atoms with Gasteiger partial charge in [-0.25, -0.2) is 8.42 Å². The first-order chi connectivity index (χ1) is 7.97. The Labute approximate surface area is 103 Å². The molecule has 0 bridgehead atoms. The van der Waals surface area contributed by atoms with Gasteiger partial charge in [0.05, 0.1) is 11.0 Å². The van der Waals surface area contributed by atoms with Crippen LogP contribution in [0.4, 0.5) is 0 Å². The van der Waals surface area contributed by atoms with Gasteiger partial charge in [-0.3, -0.25) is 0 Å². The normalized spacial score (nSPS) is 25.1. The van der Waals surface area contributed by atoms with E-state index in [9.17, 15) is 8.42 Å². The van der Waals surface area contributed by atoms with Crippen LogP contribution in [0.15, 0.2) is 24.3 Å². The summed E-state index contributed by atoms with van der Waals surface area (Å²) in [7, 11) is -3.04. The van der Waals surface area contributed by atoms with Gasteiger partial charge < -0.3 is 5.73 Å². The molecule has 2 atom stereocenters. The molecule has 0 amide bonds. The number of hydrogen-bond acceptors (Lipinski definition) is 3. The molecule has 17 heavy (non-hydrogen) atoms. The highest BCUT2D eigenvalue weighted by Gasteiger charge is 2.32. The molecule has 0 radical (unpaired) electrons. The summed E-state index contributed by atoms with van der Waals surface area (Å²) in [6, 6.07) is 7.75. The van der Waals surface area contributed by atoms with Crippen LogP contribution in [-0.2, 0) is 15.6 Å². The molecule has 0 aliphatic heterocycles. The molecule has 0 heterocycles. The Balaban J connectivity index is 2.12. The van der Waals surface area contributed by atoms with Crippen molar-refractivity contribution in [2.75, 3.05) is 0 Å². The summed E-state index contributed by atoms with van der Waals surface area (Å²) in [5.41, 5.74) is 7.75. The van der Waals surface area contributed by atoms with Crippen LogP contribution in [0.2, 0.25) is 0 Å². The van der Waals surface area contributed by atoms with E-state index in [1.54, 1.807) is 0 Å². The van der Waals surface area contributed by atoms with Gasteiger partial charge in [-0.05, 0) is 31.7 Å². The predicted octanol–water partition coefficient (Wildman–Crippen LogP) is 1.79. The summed E-state index contributed by atoms with van der Waals surface area (Å²) in [4.78, 5) is 0. The number of hydrogen-bond donors (Lipinski definition) is 1. The molecule has 94 valence electrons. The van der Waals surface area contributed by atoms with Crippen molar-refractivity contribution in [2.45, 2.75) is 43.2 Å². The third kappa shape index (κ3) is 3.07. The lowest BCUT2D eigenvalue weighted by molar-refractivity contribution is 0.577. The minimum Gasteiger partial charge on any atom is -0.328 e. The van der Waals surface area contributed by atoms with Crippen molar-refractivity contribution >= 4 is 9.84 Å². The summed E-state index contributed by atoms with van der Waals surface area (Å²) < 4.78 is 24.4. The number of benzene rings is 1. The Bertz CT molecular complexity index is 496. The summed E-state index contributed by atoms with van der Waals surface area (Å²) in [6.45, 7) is 1.97. The molecule has 0 aromatic heterocycles. The van der Waals surface area contributed by atoms with Gasteiger partial charge in [-0.15, -0.1) is 0 Å². The summed E-state index contributed by atoms with van der Waals surface area (Å²) >= 11 is 0. The minimum absolute atomic E-state index is 0.0623. The van der Waals surface area contributed by atoms with Crippen molar-refractivity contribution in [1.82, 2.24) is 0 Å². The second-order valence-electron chi connectivity index (χ2n) is 4.99. The number of rotatable bonds is 3. The standard InChI is InChI=1S/C13H19NO2S/c1-10-3-2-4-11(7-10)9-17(15,16)13-6-5-12(14)8-13/h2-4,7,12-13H,5-6,8-9,14H2,1H3. The minimum atomic E-state index is -3.04. The molecule has 4 heteroatoms. The molecular weight excluding hydrogens is 234 g/mol. The number of aryl methyl sites for hydroxylation is 1. The van der Waals surface area contributed by atoms with Crippen molar-refractivity contribution in [3.8, 4) is 0 Å². The van der Waals surface area contributed by atoms with Crippen LogP contribution in [0, 0.1) is 6.92 Å². The molecule has 1 aliphatic rings. The Kier molecular flexibility index (Phi) is 3.54. The monoisotopic (exact) mass is 253 g/mol. The smallest absolute Gasteiger partial charge is 0.157 e. The molecular formula is C13H19NO2S. The highest BCUT2D eigenvalue weighted by Crippen LogP contribution is 2.26. The van der Waals surface area contributed by atoms with E-state index < -0.39 is 9.84 Å². The average Bonchev–Trinajstić information content (AvgIpc) is 2.65. The zero-order chi connectivity index (χ0) is 12.5. The molecule has 1 fully saturated rings. The topological polar surface area (TPSA) is 60.2 Å². The highest BCUT2D eigenvalue weighted by molar-refractivity contribution is 7.91. The van der Waals surface area contributed by atoms with Crippen LogP contribution in [0.5, 0.6) is 0 Å². The van der Waals surface area contributed by atoms with Crippen molar-refractivity contribution in [2.24, 2.45) is 5.73 Å². The quantitative estimate of drug-likeness (QED) is 0.893. The largest absolute Gasteiger partial charge is 0.328 e. The van der Waals surface area contributed by atoms with E-state index in [4.69, 9.17) is 5.73 Å². The zero-order valence-corrected chi connectivity index (χ0v) is 10.9. The Hall–Kier alpha value is -0.870. The van der Waals surface area contributed by atoms with E-state index in [0.29, 0.717) is 6.42 Å². The Morgan fingerprint density at radius 1 is 1.35 bits per heavy atom. The predicted molar refractivity (Wildman–Crippen MR) is 69.4 cm³/mol. The van der Waals surface area contributed by atoms with E-state index >= 15 is 0 Å². The SMILES string of the molecule is Cc1cccc(CS(=O)(=O)C2CCC(N)C2)c1.